The molecule has 0 aliphatic carbocycles. The number of aliphatic hydroxyl groups is 1. The summed E-state index contributed by atoms with van der Waals surface area (Å²) >= 11 is 0. The lowest BCUT2D eigenvalue weighted by Gasteiger charge is -2.12. The molecule has 0 aliphatic heterocycles. The van der Waals surface area contributed by atoms with Gasteiger partial charge in [-0.15, -0.1) is 0 Å². The fourth-order valence-electron chi connectivity index (χ4n) is 3.79. The predicted octanol–water partition coefficient (Wildman–Crippen LogP) is 3.92. The molecule has 0 radical (unpaired) electrons. The summed E-state index contributed by atoms with van der Waals surface area (Å²) in [5.41, 5.74) is 7.82. The van der Waals surface area contributed by atoms with Gasteiger partial charge in [0.1, 0.15) is 17.7 Å². The first kappa shape index (κ1) is 21.6. The highest BCUT2D eigenvalue weighted by Gasteiger charge is 2.11. The number of carbonyl (C=O) groups is 1. The standard InChI is InChI=1S/C25H28N4O3/c26-25(31)22-17-29(18-27-22)24(30)9-4-13-28-14-12-20-16-21(10-11-23(20)28)32-15-5-8-19-6-2-1-3-7-19/h1-3,6-7,10-12,14,16-18,24,30H,4-5,8-9,13,15H2,(H2,26,31). The van der Waals surface area contributed by atoms with E-state index in [0.717, 1.165) is 42.5 Å². The van der Waals surface area contributed by atoms with Crippen LogP contribution in [0.1, 0.15) is 41.5 Å². The third-order valence-electron chi connectivity index (χ3n) is 5.52. The number of carbonyl (C=O) groups excluding carboxylic acids is 1. The summed E-state index contributed by atoms with van der Waals surface area (Å²) in [6, 6.07) is 18.7. The van der Waals surface area contributed by atoms with Crippen molar-refractivity contribution in [1.82, 2.24) is 14.1 Å². The Morgan fingerprint density at radius 2 is 1.97 bits per heavy atom. The van der Waals surface area contributed by atoms with Gasteiger partial charge in [-0.2, -0.15) is 0 Å². The number of aryl methyl sites for hydroxylation is 2. The van der Waals surface area contributed by atoms with Crippen LogP contribution in [0.15, 0.2) is 73.3 Å². The fraction of sp³-hybridized carbons (Fsp3) is 0.280. The summed E-state index contributed by atoms with van der Waals surface area (Å²) in [5.74, 6) is 0.276. The average Bonchev–Trinajstić information content (AvgIpc) is 3.45. The Bertz CT molecular complexity index is 1170. The predicted molar refractivity (Wildman–Crippen MR) is 123 cm³/mol. The van der Waals surface area contributed by atoms with Gasteiger partial charge in [-0.3, -0.25) is 4.79 Å². The zero-order chi connectivity index (χ0) is 22.3. The van der Waals surface area contributed by atoms with Crippen LogP contribution in [-0.2, 0) is 13.0 Å². The molecule has 32 heavy (non-hydrogen) atoms. The van der Waals surface area contributed by atoms with Gasteiger partial charge in [-0.05, 0) is 55.5 Å². The molecule has 166 valence electrons. The normalized spacial score (nSPS) is 12.2. The fourth-order valence-corrected chi connectivity index (χ4v) is 3.79. The highest BCUT2D eigenvalue weighted by molar-refractivity contribution is 5.90. The maximum Gasteiger partial charge on any atom is 0.268 e. The van der Waals surface area contributed by atoms with Crippen LogP contribution >= 0.6 is 0 Å². The lowest BCUT2D eigenvalue weighted by atomic mass is 10.1. The summed E-state index contributed by atoms with van der Waals surface area (Å²) in [6.45, 7) is 1.46. The summed E-state index contributed by atoms with van der Waals surface area (Å²) in [4.78, 5) is 15.0. The number of hydrogen-bond acceptors (Lipinski definition) is 4. The largest absolute Gasteiger partial charge is 0.494 e. The molecule has 3 N–H and O–H groups in total. The highest BCUT2D eigenvalue weighted by atomic mass is 16.5. The minimum Gasteiger partial charge on any atom is -0.494 e. The summed E-state index contributed by atoms with van der Waals surface area (Å²) < 4.78 is 9.62. The van der Waals surface area contributed by atoms with Crippen molar-refractivity contribution >= 4 is 16.8 Å². The Morgan fingerprint density at radius 3 is 2.75 bits per heavy atom. The van der Waals surface area contributed by atoms with Gasteiger partial charge in [0.05, 0.1) is 12.9 Å². The monoisotopic (exact) mass is 432 g/mol. The Kier molecular flexibility index (Phi) is 6.87. The van der Waals surface area contributed by atoms with E-state index in [0.29, 0.717) is 13.0 Å². The molecule has 2 heterocycles. The van der Waals surface area contributed by atoms with Crippen molar-refractivity contribution in [2.45, 2.75) is 38.5 Å². The van der Waals surface area contributed by atoms with Crippen molar-refractivity contribution in [3.05, 3.63) is 84.6 Å². The second kappa shape index (κ2) is 10.2. The number of hydrogen-bond donors (Lipinski definition) is 2. The van der Waals surface area contributed by atoms with E-state index in [4.69, 9.17) is 10.5 Å². The number of benzene rings is 2. The van der Waals surface area contributed by atoms with E-state index in [9.17, 15) is 9.90 Å². The number of primary amides is 1. The molecule has 0 spiro atoms. The molecule has 4 aromatic rings. The van der Waals surface area contributed by atoms with Crippen LogP contribution in [0, 0.1) is 0 Å². The second-order valence-electron chi connectivity index (χ2n) is 7.86. The van der Waals surface area contributed by atoms with Crippen molar-refractivity contribution in [3.63, 3.8) is 0 Å². The van der Waals surface area contributed by atoms with E-state index in [2.05, 4.69) is 58.2 Å². The number of fused-ring (bicyclic) bond motifs is 1. The Labute approximate surface area is 187 Å². The van der Waals surface area contributed by atoms with E-state index in [-0.39, 0.29) is 5.69 Å². The van der Waals surface area contributed by atoms with Gasteiger partial charge in [0.25, 0.3) is 5.91 Å². The summed E-state index contributed by atoms with van der Waals surface area (Å²) in [7, 11) is 0. The molecule has 0 bridgehead atoms. The number of imidazole rings is 1. The Morgan fingerprint density at radius 1 is 1.12 bits per heavy atom. The first-order valence-electron chi connectivity index (χ1n) is 10.9. The van der Waals surface area contributed by atoms with Crippen molar-refractivity contribution in [1.29, 1.82) is 0 Å². The molecule has 0 aliphatic rings. The molecule has 2 aromatic heterocycles. The number of rotatable bonds is 11. The van der Waals surface area contributed by atoms with E-state index < -0.39 is 12.1 Å². The summed E-state index contributed by atoms with van der Waals surface area (Å²) in [5, 5.41) is 11.4. The van der Waals surface area contributed by atoms with Crippen LogP contribution < -0.4 is 10.5 Å². The van der Waals surface area contributed by atoms with Gasteiger partial charge in [0.2, 0.25) is 0 Å². The number of aromatic nitrogens is 3. The highest BCUT2D eigenvalue weighted by Crippen LogP contribution is 2.23. The zero-order valence-corrected chi connectivity index (χ0v) is 17.9. The van der Waals surface area contributed by atoms with Gasteiger partial charge < -0.3 is 24.7 Å². The Hall–Kier alpha value is -3.58. The van der Waals surface area contributed by atoms with E-state index in [1.54, 1.807) is 0 Å². The molecule has 0 saturated heterocycles. The summed E-state index contributed by atoms with van der Waals surface area (Å²) in [6.07, 6.45) is 7.50. The number of nitrogens with zero attached hydrogens (tertiary/aromatic N) is 3. The smallest absolute Gasteiger partial charge is 0.268 e. The van der Waals surface area contributed by atoms with Gasteiger partial charge in [0, 0.05) is 29.8 Å². The average molecular weight is 433 g/mol. The van der Waals surface area contributed by atoms with Crippen molar-refractivity contribution < 1.29 is 14.6 Å². The number of amides is 1. The third kappa shape index (κ3) is 5.36. The van der Waals surface area contributed by atoms with Crippen LogP contribution in [0.3, 0.4) is 0 Å². The third-order valence-corrected chi connectivity index (χ3v) is 5.52. The van der Waals surface area contributed by atoms with Crippen LogP contribution in [0.5, 0.6) is 5.75 Å². The first-order valence-corrected chi connectivity index (χ1v) is 10.9. The van der Waals surface area contributed by atoms with Crippen LogP contribution in [0.25, 0.3) is 10.9 Å². The van der Waals surface area contributed by atoms with Crippen molar-refractivity contribution in [3.8, 4) is 5.75 Å². The van der Waals surface area contributed by atoms with E-state index >= 15 is 0 Å². The maximum atomic E-state index is 11.1. The molecule has 1 atom stereocenters. The maximum absolute atomic E-state index is 11.1. The number of aliphatic hydroxyl groups excluding tert-OH is 1. The zero-order valence-electron chi connectivity index (χ0n) is 17.9. The van der Waals surface area contributed by atoms with E-state index in [1.165, 1.54) is 22.7 Å². The molecule has 0 fully saturated rings. The lowest BCUT2D eigenvalue weighted by Crippen LogP contribution is -2.12. The second-order valence-corrected chi connectivity index (χ2v) is 7.86. The molecule has 0 saturated carbocycles. The molecule has 7 heteroatoms. The van der Waals surface area contributed by atoms with Gasteiger partial charge in [-0.1, -0.05) is 30.3 Å². The van der Waals surface area contributed by atoms with Crippen molar-refractivity contribution in [2.75, 3.05) is 6.61 Å². The van der Waals surface area contributed by atoms with Crippen LogP contribution in [0.2, 0.25) is 0 Å². The van der Waals surface area contributed by atoms with Crippen LogP contribution in [0.4, 0.5) is 0 Å². The molecule has 4 rings (SSSR count). The molecule has 2 aromatic carbocycles. The molecule has 1 amide bonds. The first-order chi connectivity index (χ1) is 15.6. The molecular weight excluding hydrogens is 404 g/mol. The van der Waals surface area contributed by atoms with Gasteiger partial charge >= 0.3 is 0 Å². The van der Waals surface area contributed by atoms with Gasteiger partial charge in [-0.25, -0.2) is 4.98 Å². The number of ether oxygens (including phenoxy) is 1. The minimum absolute atomic E-state index is 0.151. The van der Waals surface area contributed by atoms with E-state index in [1.807, 2.05) is 12.1 Å². The topological polar surface area (TPSA) is 95.3 Å². The molecular formula is C25H28N4O3. The quantitative estimate of drug-likeness (QED) is 0.351. The van der Waals surface area contributed by atoms with Crippen molar-refractivity contribution in [2.24, 2.45) is 5.73 Å². The van der Waals surface area contributed by atoms with Crippen LogP contribution in [-0.4, -0.2) is 31.7 Å². The lowest BCUT2D eigenvalue weighted by molar-refractivity contribution is 0.0905. The molecule has 1 unspecified atom stereocenters. The Balaban J connectivity index is 1.26. The van der Waals surface area contributed by atoms with Gasteiger partial charge in [0.15, 0.2) is 0 Å². The SMILES string of the molecule is NC(=O)c1cn(C(O)CCCn2ccc3cc(OCCCc4ccccc4)ccc32)cn1. The molecule has 7 nitrogen and oxygen atoms in total. The number of nitrogens with two attached hydrogens (primary N) is 1. The minimum atomic E-state index is -0.742.